The molecule has 0 saturated carbocycles. The van der Waals surface area contributed by atoms with Crippen molar-refractivity contribution >= 4 is 57.0 Å². The number of aromatic nitrogens is 3. The molecule has 0 saturated heterocycles. The minimum atomic E-state index is -0.834. The van der Waals surface area contributed by atoms with E-state index in [1.165, 1.54) is 4.57 Å². The number of nitrogens with zero attached hydrogens (tertiary/aromatic N) is 5. The Hall–Kier alpha value is -4.36. The maximum Gasteiger partial charge on any atom is 0.274 e. The number of aromatic amines is 1. The summed E-state index contributed by atoms with van der Waals surface area (Å²) in [5.41, 5.74) is 9.90. The quantitative estimate of drug-likeness (QED) is 0.238. The van der Waals surface area contributed by atoms with E-state index in [1.54, 1.807) is 36.3 Å². The number of H-pyrrole nitrogens is 1. The molecule has 0 unspecified atom stereocenters. The van der Waals surface area contributed by atoms with E-state index in [-0.39, 0.29) is 23.8 Å². The molecular formula is C29H30F2N8O2S. The molecule has 0 radical (unpaired) electrons. The lowest BCUT2D eigenvalue weighted by Crippen LogP contribution is -2.49. The highest BCUT2D eigenvalue weighted by atomic mass is 32.1. The molecule has 1 amide bonds. The molecule has 4 aromatic rings. The lowest BCUT2D eigenvalue weighted by atomic mass is 9.98. The second-order valence-electron chi connectivity index (χ2n) is 10.4. The number of aryl methyl sites for hydroxylation is 1. The Morgan fingerprint density at radius 1 is 1.12 bits per heavy atom. The van der Waals surface area contributed by atoms with E-state index >= 15 is 4.39 Å². The fraction of sp³-hybridized carbons (Fsp3) is 0.310. The van der Waals surface area contributed by atoms with Gasteiger partial charge in [-0.2, -0.15) is 0 Å². The number of carbonyl (C=O) groups is 1. The maximum absolute atomic E-state index is 15.4. The third-order valence-corrected chi connectivity index (χ3v) is 8.29. The van der Waals surface area contributed by atoms with E-state index in [0.717, 1.165) is 29.8 Å². The fourth-order valence-corrected chi connectivity index (χ4v) is 6.04. The molecule has 0 fully saturated rings. The lowest BCUT2D eigenvalue weighted by Gasteiger charge is -2.39. The van der Waals surface area contributed by atoms with Crippen LogP contribution in [0.3, 0.4) is 0 Å². The molecule has 0 spiro atoms. The largest absolute Gasteiger partial charge is 0.365 e. The monoisotopic (exact) mass is 592 g/mol. The molecule has 10 nitrogen and oxygen atoms in total. The van der Waals surface area contributed by atoms with Crippen LogP contribution in [-0.2, 0) is 18.4 Å². The normalized spacial score (nSPS) is 14.1. The number of unbranched alkanes of at least 4 members (excludes halogenated alkanes) is 1. The molecule has 0 aliphatic carbocycles. The van der Waals surface area contributed by atoms with Crippen LogP contribution in [0.25, 0.3) is 22.0 Å². The summed E-state index contributed by atoms with van der Waals surface area (Å²) >= 11 is 5.64. The minimum absolute atomic E-state index is 0.0538. The van der Waals surface area contributed by atoms with Crippen molar-refractivity contribution in [2.45, 2.75) is 25.8 Å². The van der Waals surface area contributed by atoms with E-state index in [9.17, 15) is 14.0 Å². The van der Waals surface area contributed by atoms with Crippen LogP contribution < -0.4 is 31.3 Å². The number of hydrogen-bond donors (Lipinski definition) is 3. The van der Waals surface area contributed by atoms with Crippen LogP contribution in [0, 0.1) is 11.6 Å². The fourth-order valence-electron chi connectivity index (χ4n) is 5.85. The van der Waals surface area contributed by atoms with Crippen molar-refractivity contribution in [3.8, 4) is 11.1 Å². The summed E-state index contributed by atoms with van der Waals surface area (Å²) in [4.78, 5) is 39.1. The Balaban J connectivity index is 1.64. The molecule has 0 bridgehead atoms. The highest BCUT2D eigenvalue weighted by Gasteiger charge is 2.34. The predicted octanol–water partition coefficient (Wildman–Crippen LogP) is 3.64. The zero-order valence-electron chi connectivity index (χ0n) is 23.2. The number of carbonyl (C=O) groups excluding carboxylic acids is 1. The van der Waals surface area contributed by atoms with Gasteiger partial charge in [-0.05, 0) is 49.3 Å². The number of hydrogen-bond acceptors (Lipinski definition) is 6. The molecule has 42 heavy (non-hydrogen) atoms. The van der Waals surface area contributed by atoms with Crippen LogP contribution >= 0.6 is 12.2 Å². The van der Waals surface area contributed by atoms with Crippen molar-refractivity contribution in [1.29, 1.82) is 0 Å². The molecule has 3 aromatic heterocycles. The summed E-state index contributed by atoms with van der Waals surface area (Å²) in [5.74, 6) is -1.76. The first-order valence-electron chi connectivity index (χ1n) is 13.7. The van der Waals surface area contributed by atoms with E-state index in [4.69, 9.17) is 18.0 Å². The maximum atomic E-state index is 15.4. The number of thiocarbonyl (C=S) groups is 1. The van der Waals surface area contributed by atoms with Gasteiger partial charge in [-0.3, -0.25) is 9.59 Å². The van der Waals surface area contributed by atoms with E-state index in [2.05, 4.69) is 15.3 Å². The van der Waals surface area contributed by atoms with Gasteiger partial charge in [0.25, 0.3) is 5.56 Å². The van der Waals surface area contributed by atoms with Crippen LogP contribution in [0.2, 0.25) is 0 Å². The summed E-state index contributed by atoms with van der Waals surface area (Å²) in [6.45, 7) is 1.50. The second kappa shape index (κ2) is 10.8. The highest BCUT2D eigenvalue weighted by molar-refractivity contribution is 7.80. The first kappa shape index (κ1) is 27.8. The molecule has 5 heterocycles. The summed E-state index contributed by atoms with van der Waals surface area (Å²) < 4.78 is 30.8. The molecular weight excluding hydrogens is 562 g/mol. The topological polar surface area (TPSA) is 116 Å². The third kappa shape index (κ3) is 4.49. The lowest BCUT2D eigenvalue weighted by molar-refractivity contribution is -0.118. The first-order chi connectivity index (χ1) is 20.2. The summed E-state index contributed by atoms with van der Waals surface area (Å²) in [6.07, 6.45) is 6.17. The Kier molecular flexibility index (Phi) is 7.15. The van der Waals surface area contributed by atoms with Gasteiger partial charge >= 0.3 is 0 Å². The molecule has 2 aliphatic rings. The number of fused-ring (bicyclic) bond motifs is 3. The smallest absolute Gasteiger partial charge is 0.274 e. The van der Waals surface area contributed by atoms with Gasteiger partial charge in [-0.1, -0.05) is 0 Å². The summed E-state index contributed by atoms with van der Waals surface area (Å²) in [5, 5.41) is 4.22. The van der Waals surface area contributed by atoms with Crippen LogP contribution in [-0.4, -0.2) is 52.2 Å². The number of nitrogens with one attached hydrogen (secondary N) is 2. The average molecular weight is 593 g/mol. The van der Waals surface area contributed by atoms with Crippen LogP contribution in [0.1, 0.15) is 24.8 Å². The molecule has 4 N–H and O–H groups in total. The van der Waals surface area contributed by atoms with E-state index in [0.29, 0.717) is 71.1 Å². The zero-order chi connectivity index (χ0) is 29.7. The number of anilines is 4. The summed E-state index contributed by atoms with van der Waals surface area (Å²) in [7, 11) is 3.41. The van der Waals surface area contributed by atoms with Gasteiger partial charge in [0.15, 0.2) is 16.7 Å². The van der Waals surface area contributed by atoms with Gasteiger partial charge in [-0.15, -0.1) is 0 Å². The number of nitrogens with two attached hydrogens (primary N) is 1. The van der Waals surface area contributed by atoms with Crippen molar-refractivity contribution in [1.82, 2.24) is 19.9 Å². The predicted molar refractivity (Wildman–Crippen MR) is 163 cm³/mol. The van der Waals surface area contributed by atoms with Crippen molar-refractivity contribution < 1.29 is 13.6 Å². The number of halogens is 2. The average Bonchev–Trinajstić information content (AvgIpc) is 3.35. The van der Waals surface area contributed by atoms with Gasteiger partial charge in [0.05, 0.1) is 29.8 Å². The van der Waals surface area contributed by atoms with Crippen LogP contribution in [0.15, 0.2) is 41.6 Å². The third-order valence-electron chi connectivity index (χ3n) is 7.87. The van der Waals surface area contributed by atoms with Crippen molar-refractivity contribution in [2.24, 2.45) is 12.8 Å². The molecule has 13 heteroatoms. The number of pyridine rings is 2. The Labute approximate surface area is 245 Å². The number of benzene rings is 1. The highest BCUT2D eigenvalue weighted by Crippen LogP contribution is 2.49. The van der Waals surface area contributed by atoms with E-state index in [1.807, 2.05) is 17.0 Å². The van der Waals surface area contributed by atoms with Gasteiger partial charge in [0.1, 0.15) is 11.3 Å². The number of amides is 1. The Morgan fingerprint density at radius 2 is 1.88 bits per heavy atom. The zero-order valence-corrected chi connectivity index (χ0v) is 24.0. The number of rotatable bonds is 5. The van der Waals surface area contributed by atoms with Gasteiger partial charge in [-0.25, -0.2) is 13.8 Å². The molecule has 6 rings (SSSR count). The van der Waals surface area contributed by atoms with Crippen molar-refractivity contribution in [2.75, 3.05) is 41.4 Å². The van der Waals surface area contributed by atoms with Gasteiger partial charge in [0.2, 0.25) is 5.91 Å². The van der Waals surface area contributed by atoms with Crippen LogP contribution in [0.5, 0.6) is 0 Å². The molecule has 1 aromatic carbocycles. The van der Waals surface area contributed by atoms with E-state index < -0.39 is 11.6 Å². The van der Waals surface area contributed by atoms with Gasteiger partial charge in [0, 0.05) is 68.6 Å². The molecule has 218 valence electrons. The SMILES string of the molecule is CNC(=S)N1CCN(C(=O)CCCCN)c2cc3c(cc21)-c1cn(C)c(=O)c2[nH]cc(c12)CN3c1ncc(F)cc1F. The standard InChI is InChI=1S/C29H30F2N8O2S/c1-33-29(42)38-8-7-37(24(40)5-3-4-6-32)23-11-21-18(10-22(23)38)19-15-36(2)28(41)26-25(19)16(12-34-26)14-39(21)27-20(31)9-17(30)13-35-27/h9-13,15,34H,3-8,14,32H2,1-2H3,(H,33,42). The van der Waals surface area contributed by atoms with Gasteiger partial charge < -0.3 is 35.3 Å². The Morgan fingerprint density at radius 3 is 2.62 bits per heavy atom. The molecule has 2 aliphatic heterocycles. The van der Waals surface area contributed by atoms with Crippen molar-refractivity contribution in [3.05, 3.63) is 64.3 Å². The second-order valence-corrected chi connectivity index (χ2v) is 10.8. The van der Waals surface area contributed by atoms with Crippen LogP contribution in [0.4, 0.5) is 31.7 Å². The Bertz CT molecular complexity index is 1800. The van der Waals surface area contributed by atoms with Crippen molar-refractivity contribution in [3.63, 3.8) is 0 Å². The first-order valence-corrected chi connectivity index (χ1v) is 14.1. The molecule has 0 atom stereocenters. The summed E-state index contributed by atoms with van der Waals surface area (Å²) in [6, 6.07) is 4.55. The minimum Gasteiger partial charge on any atom is -0.365 e.